The van der Waals surface area contributed by atoms with Crippen LogP contribution < -0.4 is 5.32 Å². The number of aliphatic hydroxyl groups excluding tert-OH is 1. The predicted molar refractivity (Wildman–Crippen MR) is 66.0 cm³/mol. The highest BCUT2D eigenvalue weighted by Gasteiger charge is 2.27. The van der Waals surface area contributed by atoms with Gasteiger partial charge in [0.05, 0.1) is 37.6 Å². The van der Waals surface area contributed by atoms with Gasteiger partial charge in [-0.2, -0.15) is 0 Å². The maximum atomic E-state index is 9.27. The number of rotatable bonds is 6. The molecular formula is C13H25NO3. The normalized spacial score (nSPS) is 35.8. The molecule has 0 amide bonds. The third kappa shape index (κ3) is 4.54. The summed E-state index contributed by atoms with van der Waals surface area (Å²) < 4.78 is 11.6. The van der Waals surface area contributed by atoms with Crippen LogP contribution in [-0.4, -0.2) is 48.7 Å². The van der Waals surface area contributed by atoms with E-state index < -0.39 is 0 Å². The molecule has 3 unspecified atom stereocenters. The summed E-state index contributed by atoms with van der Waals surface area (Å²) in [7, 11) is 0. The third-order valence-corrected chi connectivity index (χ3v) is 3.46. The molecule has 0 bridgehead atoms. The second-order valence-electron chi connectivity index (χ2n) is 5.50. The van der Waals surface area contributed by atoms with Crippen molar-refractivity contribution in [1.82, 2.24) is 5.32 Å². The lowest BCUT2D eigenvalue weighted by Crippen LogP contribution is -2.41. The molecule has 2 aliphatic rings. The van der Waals surface area contributed by atoms with Crippen LogP contribution in [0.1, 0.15) is 39.5 Å². The SMILES string of the molecule is CC1CC(OCC(CO)NC2CC2)CC(C)O1. The van der Waals surface area contributed by atoms with Crippen LogP contribution in [0.5, 0.6) is 0 Å². The summed E-state index contributed by atoms with van der Waals surface area (Å²) in [6, 6.07) is 0.708. The average molecular weight is 243 g/mol. The number of ether oxygens (including phenoxy) is 2. The zero-order valence-corrected chi connectivity index (χ0v) is 10.9. The molecule has 3 atom stereocenters. The Balaban J connectivity index is 1.68. The lowest BCUT2D eigenvalue weighted by atomic mass is 10.0. The summed E-state index contributed by atoms with van der Waals surface area (Å²) in [5.74, 6) is 0. The standard InChI is InChI=1S/C13H25NO3/c1-9-5-13(6-10(2)17-9)16-8-12(7-15)14-11-3-4-11/h9-15H,3-8H2,1-2H3. The summed E-state index contributed by atoms with van der Waals surface area (Å²) in [5.41, 5.74) is 0. The quantitative estimate of drug-likeness (QED) is 0.733. The third-order valence-electron chi connectivity index (χ3n) is 3.46. The molecule has 2 fully saturated rings. The summed E-state index contributed by atoms with van der Waals surface area (Å²) in [6.45, 7) is 4.96. The molecule has 1 saturated carbocycles. The summed E-state index contributed by atoms with van der Waals surface area (Å²) in [6.07, 6.45) is 5.26. The summed E-state index contributed by atoms with van der Waals surface area (Å²) >= 11 is 0. The van der Waals surface area contributed by atoms with Crippen LogP contribution in [0.25, 0.3) is 0 Å². The van der Waals surface area contributed by atoms with Crippen LogP contribution in [0.2, 0.25) is 0 Å². The predicted octanol–water partition coefficient (Wildman–Crippen LogP) is 1.07. The van der Waals surface area contributed by atoms with Gasteiger partial charge in [-0.3, -0.25) is 0 Å². The Bertz CT molecular complexity index is 223. The fourth-order valence-corrected chi connectivity index (χ4v) is 2.47. The molecular weight excluding hydrogens is 218 g/mol. The molecule has 0 radical (unpaired) electrons. The first kappa shape index (κ1) is 13.3. The molecule has 2 rings (SSSR count). The molecule has 0 aromatic carbocycles. The van der Waals surface area contributed by atoms with Crippen molar-refractivity contribution in [2.75, 3.05) is 13.2 Å². The van der Waals surface area contributed by atoms with Crippen molar-refractivity contribution in [2.45, 2.75) is 69.9 Å². The zero-order valence-electron chi connectivity index (χ0n) is 10.9. The van der Waals surface area contributed by atoms with Crippen molar-refractivity contribution in [3.8, 4) is 0 Å². The van der Waals surface area contributed by atoms with Gasteiger partial charge in [-0.25, -0.2) is 0 Å². The molecule has 1 heterocycles. The van der Waals surface area contributed by atoms with Crippen molar-refractivity contribution in [3.05, 3.63) is 0 Å². The van der Waals surface area contributed by atoms with Gasteiger partial charge >= 0.3 is 0 Å². The first-order chi connectivity index (χ1) is 8.17. The minimum absolute atomic E-state index is 0.0935. The first-order valence-electron chi connectivity index (χ1n) is 6.81. The number of hydrogen-bond donors (Lipinski definition) is 2. The van der Waals surface area contributed by atoms with E-state index in [1.54, 1.807) is 0 Å². The van der Waals surface area contributed by atoms with Crippen molar-refractivity contribution in [2.24, 2.45) is 0 Å². The van der Waals surface area contributed by atoms with Crippen LogP contribution in [0.15, 0.2) is 0 Å². The number of nitrogens with one attached hydrogen (secondary N) is 1. The highest BCUT2D eigenvalue weighted by atomic mass is 16.5. The Kier molecular flexibility index (Phi) is 4.79. The Morgan fingerprint density at radius 2 is 1.94 bits per heavy atom. The van der Waals surface area contributed by atoms with Gasteiger partial charge in [0.1, 0.15) is 0 Å². The fraction of sp³-hybridized carbons (Fsp3) is 1.00. The van der Waals surface area contributed by atoms with Gasteiger partial charge in [0.25, 0.3) is 0 Å². The Morgan fingerprint density at radius 1 is 1.29 bits per heavy atom. The van der Waals surface area contributed by atoms with Crippen molar-refractivity contribution in [1.29, 1.82) is 0 Å². The second-order valence-corrected chi connectivity index (χ2v) is 5.50. The molecule has 2 N–H and O–H groups in total. The van der Waals surface area contributed by atoms with E-state index in [2.05, 4.69) is 19.2 Å². The highest BCUT2D eigenvalue weighted by molar-refractivity contribution is 4.85. The van der Waals surface area contributed by atoms with Crippen LogP contribution in [0.4, 0.5) is 0 Å². The topological polar surface area (TPSA) is 50.7 Å². The molecule has 100 valence electrons. The molecule has 1 aliphatic carbocycles. The largest absolute Gasteiger partial charge is 0.395 e. The minimum Gasteiger partial charge on any atom is -0.395 e. The molecule has 1 aliphatic heterocycles. The zero-order chi connectivity index (χ0) is 12.3. The molecule has 4 heteroatoms. The van der Waals surface area contributed by atoms with Crippen molar-refractivity contribution in [3.63, 3.8) is 0 Å². The first-order valence-corrected chi connectivity index (χ1v) is 6.81. The van der Waals surface area contributed by atoms with E-state index in [0.717, 1.165) is 12.8 Å². The fourth-order valence-electron chi connectivity index (χ4n) is 2.47. The van der Waals surface area contributed by atoms with E-state index in [0.29, 0.717) is 12.6 Å². The van der Waals surface area contributed by atoms with Gasteiger partial charge in [-0.05, 0) is 39.5 Å². The summed E-state index contributed by atoms with van der Waals surface area (Å²) in [4.78, 5) is 0. The van der Waals surface area contributed by atoms with Gasteiger partial charge < -0.3 is 19.9 Å². The maximum Gasteiger partial charge on any atom is 0.0645 e. The Labute approximate surface area is 104 Å². The molecule has 1 saturated heterocycles. The maximum absolute atomic E-state index is 9.27. The molecule has 0 spiro atoms. The van der Waals surface area contributed by atoms with E-state index in [-0.39, 0.29) is 31.0 Å². The minimum atomic E-state index is 0.0935. The monoisotopic (exact) mass is 243 g/mol. The van der Waals surface area contributed by atoms with Crippen LogP contribution in [0.3, 0.4) is 0 Å². The van der Waals surface area contributed by atoms with Gasteiger partial charge in [0.15, 0.2) is 0 Å². The summed E-state index contributed by atoms with van der Waals surface area (Å²) in [5, 5.41) is 12.7. The van der Waals surface area contributed by atoms with Crippen LogP contribution >= 0.6 is 0 Å². The van der Waals surface area contributed by atoms with E-state index >= 15 is 0 Å². The lowest BCUT2D eigenvalue weighted by molar-refractivity contribution is -0.106. The van der Waals surface area contributed by atoms with Crippen LogP contribution in [-0.2, 0) is 9.47 Å². The number of aliphatic hydroxyl groups is 1. The van der Waals surface area contributed by atoms with Gasteiger partial charge in [-0.1, -0.05) is 0 Å². The number of hydrogen-bond acceptors (Lipinski definition) is 4. The van der Waals surface area contributed by atoms with Gasteiger partial charge in [0, 0.05) is 6.04 Å². The molecule has 4 nitrogen and oxygen atoms in total. The molecule has 17 heavy (non-hydrogen) atoms. The van der Waals surface area contributed by atoms with E-state index in [1.165, 1.54) is 12.8 Å². The average Bonchev–Trinajstić information content (AvgIpc) is 3.06. The molecule has 0 aromatic rings. The highest BCUT2D eigenvalue weighted by Crippen LogP contribution is 2.22. The van der Waals surface area contributed by atoms with Crippen molar-refractivity contribution >= 4 is 0 Å². The van der Waals surface area contributed by atoms with Crippen molar-refractivity contribution < 1.29 is 14.6 Å². The van der Waals surface area contributed by atoms with Gasteiger partial charge in [0.2, 0.25) is 0 Å². The Morgan fingerprint density at radius 3 is 2.47 bits per heavy atom. The van der Waals surface area contributed by atoms with E-state index in [4.69, 9.17) is 9.47 Å². The van der Waals surface area contributed by atoms with Crippen LogP contribution in [0, 0.1) is 0 Å². The lowest BCUT2D eigenvalue weighted by Gasteiger charge is -2.32. The van der Waals surface area contributed by atoms with E-state index in [9.17, 15) is 5.11 Å². The molecule has 0 aromatic heterocycles. The Hall–Kier alpha value is -0.160. The smallest absolute Gasteiger partial charge is 0.0645 e. The van der Waals surface area contributed by atoms with Gasteiger partial charge in [-0.15, -0.1) is 0 Å². The van der Waals surface area contributed by atoms with E-state index in [1.807, 2.05) is 0 Å². The second kappa shape index (κ2) is 6.14.